The monoisotopic (exact) mass is 434 g/mol. The number of aromatic hydroxyl groups is 1. The van der Waals surface area contributed by atoms with Crippen LogP contribution in [0.5, 0.6) is 5.75 Å². The molecular formula is C23H19FN4O2S. The summed E-state index contributed by atoms with van der Waals surface area (Å²) in [5.41, 5.74) is 4.42. The lowest BCUT2D eigenvalue weighted by Gasteiger charge is -2.11. The van der Waals surface area contributed by atoms with Crippen LogP contribution in [-0.2, 0) is 0 Å². The lowest BCUT2D eigenvalue weighted by Crippen LogP contribution is -2.12. The molecule has 0 spiro atoms. The smallest absolute Gasteiger partial charge is 0.267 e. The van der Waals surface area contributed by atoms with Crippen molar-refractivity contribution in [2.75, 3.05) is 10.6 Å². The minimum absolute atomic E-state index is 0.126. The lowest BCUT2D eigenvalue weighted by atomic mass is 10.1. The SMILES string of the molecule is Cc1ccc(O)c(C)c1NC(=O)c1cnc(Nc2cncc(-c3ccc(F)cc3)c2)s1. The molecule has 4 rings (SSSR count). The number of carbonyl (C=O) groups excluding carboxylic acids is 1. The van der Waals surface area contributed by atoms with Crippen LogP contribution >= 0.6 is 11.3 Å². The molecule has 0 saturated carbocycles. The fourth-order valence-electron chi connectivity index (χ4n) is 3.07. The number of carbonyl (C=O) groups is 1. The molecular weight excluding hydrogens is 415 g/mol. The van der Waals surface area contributed by atoms with Crippen molar-refractivity contribution in [3.63, 3.8) is 0 Å². The van der Waals surface area contributed by atoms with Crippen molar-refractivity contribution in [2.24, 2.45) is 0 Å². The second-order valence-corrected chi connectivity index (χ2v) is 8.01. The van der Waals surface area contributed by atoms with E-state index in [4.69, 9.17) is 0 Å². The summed E-state index contributed by atoms with van der Waals surface area (Å²) in [6.07, 6.45) is 4.83. The topological polar surface area (TPSA) is 87.1 Å². The van der Waals surface area contributed by atoms with Gasteiger partial charge in [-0.2, -0.15) is 0 Å². The highest BCUT2D eigenvalue weighted by Gasteiger charge is 2.15. The Bertz CT molecular complexity index is 1250. The van der Waals surface area contributed by atoms with Gasteiger partial charge in [-0.15, -0.1) is 0 Å². The molecule has 0 aliphatic rings. The van der Waals surface area contributed by atoms with E-state index in [-0.39, 0.29) is 17.5 Å². The van der Waals surface area contributed by atoms with Crippen molar-refractivity contribution >= 4 is 33.8 Å². The van der Waals surface area contributed by atoms with Crippen LogP contribution in [0.1, 0.15) is 20.8 Å². The summed E-state index contributed by atoms with van der Waals surface area (Å²) in [6, 6.07) is 11.4. The molecule has 0 aliphatic heterocycles. The zero-order valence-electron chi connectivity index (χ0n) is 16.8. The Morgan fingerprint density at radius 3 is 2.58 bits per heavy atom. The second kappa shape index (κ2) is 8.53. The highest BCUT2D eigenvalue weighted by molar-refractivity contribution is 7.17. The molecule has 156 valence electrons. The predicted octanol–water partition coefficient (Wildman–Crippen LogP) is 5.66. The summed E-state index contributed by atoms with van der Waals surface area (Å²) >= 11 is 1.20. The molecule has 8 heteroatoms. The first-order chi connectivity index (χ1) is 14.9. The van der Waals surface area contributed by atoms with Crippen molar-refractivity contribution in [3.05, 3.63) is 82.9 Å². The number of aryl methyl sites for hydroxylation is 1. The molecule has 2 aromatic heterocycles. The lowest BCUT2D eigenvalue weighted by molar-refractivity contribution is 0.103. The number of phenolic OH excluding ortho intramolecular Hbond substituents is 1. The van der Waals surface area contributed by atoms with E-state index in [9.17, 15) is 14.3 Å². The average molecular weight is 434 g/mol. The Morgan fingerprint density at radius 2 is 1.81 bits per heavy atom. The van der Waals surface area contributed by atoms with Gasteiger partial charge in [0, 0.05) is 17.3 Å². The highest BCUT2D eigenvalue weighted by Crippen LogP contribution is 2.30. The van der Waals surface area contributed by atoms with Gasteiger partial charge < -0.3 is 15.7 Å². The predicted molar refractivity (Wildman–Crippen MR) is 121 cm³/mol. The first kappa shape index (κ1) is 20.5. The summed E-state index contributed by atoms with van der Waals surface area (Å²) in [4.78, 5) is 21.6. The van der Waals surface area contributed by atoms with Crippen LogP contribution in [0.3, 0.4) is 0 Å². The van der Waals surface area contributed by atoms with Crippen LogP contribution < -0.4 is 10.6 Å². The first-order valence-corrected chi connectivity index (χ1v) is 10.3. The number of thiazole rings is 1. The Balaban J connectivity index is 1.50. The summed E-state index contributed by atoms with van der Waals surface area (Å²) in [7, 11) is 0. The molecule has 6 nitrogen and oxygen atoms in total. The first-order valence-electron chi connectivity index (χ1n) is 9.45. The Kier molecular flexibility index (Phi) is 5.64. The summed E-state index contributed by atoms with van der Waals surface area (Å²) in [6.45, 7) is 3.61. The van der Waals surface area contributed by atoms with Gasteiger partial charge in [0.25, 0.3) is 5.91 Å². The number of hydrogen-bond acceptors (Lipinski definition) is 6. The number of halogens is 1. The third-order valence-electron chi connectivity index (χ3n) is 4.78. The van der Waals surface area contributed by atoms with E-state index in [1.54, 1.807) is 43.6 Å². The van der Waals surface area contributed by atoms with Crippen LogP contribution in [0.25, 0.3) is 11.1 Å². The minimum atomic E-state index is -0.305. The van der Waals surface area contributed by atoms with Gasteiger partial charge in [0.1, 0.15) is 16.4 Å². The molecule has 0 aliphatic carbocycles. The number of nitrogens with one attached hydrogen (secondary N) is 2. The van der Waals surface area contributed by atoms with Gasteiger partial charge in [-0.1, -0.05) is 29.5 Å². The van der Waals surface area contributed by atoms with Gasteiger partial charge in [0.05, 0.1) is 23.8 Å². The maximum absolute atomic E-state index is 13.2. The maximum Gasteiger partial charge on any atom is 0.267 e. The number of amides is 1. The molecule has 0 bridgehead atoms. The van der Waals surface area contributed by atoms with Crippen LogP contribution in [0.15, 0.2) is 61.1 Å². The van der Waals surface area contributed by atoms with Gasteiger partial charge in [-0.25, -0.2) is 9.37 Å². The van der Waals surface area contributed by atoms with Crippen molar-refractivity contribution in [1.82, 2.24) is 9.97 Å². The van der Waals surface area contributed by atoms with Gasteiger partial charge in [0.15, 0.2) is 5.13 Å². The number of hydrogen-bond donors (Lipinski definition) is 3. The molecule has 0 radical (unpaired) electrons. The molecule has 31 heavy (non-hydrogen) atoms. The fraction of sp³-hybridized carbons (Fsp3) is 0.0870. The van der Waals surface area contributed by atoms with Crippen molar-refractivity contribution in [2.45, 2.75) is 13.8 Å². The quantitative estimate of drug-likeness (QED) is 0.377. The van der Waals surface area contributed by atoms with E-state index in [0.29, 0.717) is 26.9 Å². The maximum atomic E-state index is 13.2. The van der Waals surface area contributed by atoms with Crippen LogP contribution in [0.4, 0.5) is 20.9 Å². The second-order valence-electron chi connectivity index (χ2n) is 6.98. The van der Waals surface area contributed by atoms with Crippen LogP contribution in [-0.4, -0.2) is 21.0 Å². The van der Waals surface area contributed by atoms with Gasteiger partial charge in [0.2, 0.25) is 0 Å². The van der Waals surface area contributed by atoms with Crippen LogP contribution in [0, 0.1) is 19.7 Å². The standard InChI is InChI=1S/C23H19FN4O2S/c1-13-3-8-19(29)14(2)21(13)28-22(30)20-12-26-23(31-20)27-18-9-16(10-25-11-18)15-4-6-17(24)7-5-15/h3-12,29H,1-2H3,(H,26,27)(H,28,30). The molecule has 1 amide bonds. The Labute approximate surface area is 182 Å². The number of anilines is 3. The number of benzene rings is 2. The molecule has 4 aromatic rings. The Morgan fingerprint density at radius 1 is 1.03 bits per heavy atom. The van der Waals surface area contributed by atoms with Crippen molar-refractivity contribution in [3.8, 4) is 16.9 Å². The van der Waals surface area contributed by atoms with E-state index in [2.05, 4.69) is 20.6 Å². The number of nitrogens with zero attached hydrogens (tertiary/aromatic N) is 2. The molecule has 0 atom stereocenters. The van der Waals surface area contributed by atoms with Crippen molar-refractivity contribution < 1.29 is 14.3 Å². The minimum Gasteiger partial charge on any atom is -0.508 e. The van der Waals surface area contributed by atoms with E-state index in [1.807, 2.05) is 13.0 Å². The molecule has 3 N–H and O–H groups in total. The van der Waals surface area contributed by atoms with E-state index in [1.165, 1.54) is 29.7 Å². The van der Waals surface area contributed by atoms with Gasteiger partial charge in [-0.3, -0.25) is 9.78 Å². The van der Waals surface area contributed by atoms with E-state index >= 15 is 0 Å². The third-order valence-corrected chi connectivity index (χ3v) is 5.69. The third kappa shape index (κ3) is 4.54. The number of rotatable bonds is 5. The van der Waals surface area contributed by atoms with E-state index in [0.717, 1.165) is 16.7 Å². The normalized spacial score (nSPS) is 10.7. The highest BCUT2D eigenvalue weighted by atomic mass is 32.1. The van der Waals surface area contributed by atoms with Crippen LogP contribution in [0.2, 0.25) is 0 Å². The fourth-order valence-corrected chi connectivity index (χ4v) is 3.80. The van der Waals surface area contributed by atoms with E-state index < -0.39 is 0 Å². The van der Waals surface area contributed by atoms with Gasteiger partial charge >= 0.3 is 0 Å². The molecule has 2 heterocycles. The van der Waals surface area contributed by atoms with Crippen molar-refractivity contribution in [1.29, 1.82) is 0 Å². The molecule has 2 aromatic carbocycles. The number of pyridine rings is 1. The number of phenols is 1. The molecule has 0 saturated heterocycles. The summed E-state index contributed by atoms with van der Waals surface area (Å²) in [5, 5.41) is 16.4. The zero-order chi connectivity index (χ0) is 22.0. The zero-order valence-corrected chi connectivity index (χ0v) is 17.6. The summed E-state index contributed by atoms with van der Waals surface area (Å²) in [5.74, 6) is -0.475. The Hall–Kier alpha value is -3.78. The molecule has 0 unspecified atom stereocenters. The average Bonchev–Trinajstić information content (AvgIpc) is 3.23. The van der Waals surface area contributed by atoms with Gasteiger partial charge in [-0.05, 0) is 49.2 Å². The number of aromatic nitrogens is 2. The summed E-state index contributed by atoms with van der Waals surface area (Å²) < 4.78 is 13.2. The largest absolute Gasteiger partial charge is 0.508 e. The molecule has 0 fully saturated rings.